The first-order valence-corrected chi connectivity index (χ1v) is 42.6. The molecule has 0 rings (SSSR count). The molecule has 0 aromatic heterocycles. The Bertz CT molecular complexity index is 1820. The van der Waals surface area contributed by atoms with Gasteiger partial charge in [-0.2, -0.15) is 0 Å². The molecule has 0 bridgehead atoms. The van der Waals surface area contributed by atoms with E-state index in [-0.39, 0.29) is 25.7 Å². The van der Waals surface area contributed by atoms with Crippen LogP contribution in [0.25, 0.3) is 0 Å². The van der Waals surface area contributed by atoms with Crippen LogP contribution in [0.5, 0.6) is 0 Å². The molecule has 3 N–H and O–H groups in total. The quantitative estimate of drug-likeness (QED) is 0.0222. The van der Waals surface area contributed by atoms with Crippen LogP contribution < -0.4 is 0 Å². The number of aliphatic hydroxyl groups excluding tert-OH is 1. The second kappa shape index (κ2) is 69.2. The van der Waals surface area contributed by atoms with Gasteiger partial charge in [0.25, 0.3) is 0 Å². The first kappa shape index (κ1) is 93.1. The van der Waals surface area contributed by atoms with E-state index in [0.29, 0.717) is 25.7 Å². The van der Waals surface area contributed by atoms with Gasteiger partial charge in [0, 0.05) is 25.7 Å². The SMILES string of the molecule is CCCCCCCCCCCCCCCCCCCCCCCC(=O)O[C@H](COC(=O)CCCCCCCCCCCCCCCC(C)C)COP(=O)(O)OC[C@@H](O)COP(=O)(O)OC[C@@H](COC(=O)CCCCCCCCC)OC(=O)CCCCCCCCCCCCC. The summed E-state index contributed by atoms with van der Waals surface area (Å²) in [6.45, 7) is 7.26. The second-order valence-electron chi connectivity index (χ2n) is 27.9. The Labute approximate surface area is 581 Å². The third-order valence-corrected chi connectivity index (χ3v) is 19.7. The summed E-state index contributed by atoms with van der Waals surface area (Å²) in [5.41, 5.74) is 0. The van der Waals surface area contributed by atoms with E-state index in [0.717, 1.165) is 109 Å². The molecule has 0 saturated heterocycles. The van der Waals surface area contributed by atoms with E-state index in [1.807, 2.05) is 0 Å². The molecule has 0 amide bonds. The van der Waals surface area contributed by atoms with Crippen molar-refractivity contribution < 1.29 is 80.2 Å². The fraction of sp³-hybridized carbons (Fsp3) is 0.947. The van der Waals surface area contributed by atoms with Crippen molar-refractivity contribution in [3.05, 3.63) is 0 Å². The van der Waals surface area contributed by atoms with E-state index in [2.05, 4.69) is 34.6 Å². The number of hydrogen-bond donors (Lipinski definition) is 3. The van der Waals surface area contributed by atoms with Gasteiger partial charge in [-0.25, -0.2) is 9.13 Å². The van der Waals surface area contributed by atoms with Gasteiger partial charge in [0.05, 0.1) is 26.4 Å². The fourth-order valence-electron chi connectivity index (χ4n) is 11.7. The standard InChI is InChI=1S/C76H148O17P2/c1-6-9-12-15-18-20-22-23-24-25-26-27-28-29-30-33-38-42-47-52-57-62-76(81)93-72(66-87-74(79)60-55-50-45-40-37-34-31-32-36-39-44-48-53-58-69(4)5)68-91-95(84,85)89-64-70(77)63-88-94(82,83)90-67-71(65-86-73(78)59-54-49-43-17-14-11-8-3)92-75(80)61-56-51-46-41-35-21-19-16-13-10-7-2/h69-72,77H,6-68H2,1-5H3,(H,82,83)(H,84,85)/t70-,71+,72+/m0/s1. The summed E-state index contributed by atoms with van der Waals surface area (Å²) in [4.78, 5) is 72.6. The maximum absolute atomic E-state index is 13.1. The summed E-state index contributed by atoms with van der Waals surface area (Å²) in [7, 11) is -9.90. The third kappa shape index (κ3) is 70.3. The highest BCUT2D eigenvalue weighted by Crippen LogP contribution is 2.45. The lowest BCUT2D eigenvalue weighted by molar-refractivity contribution is -0.161. The largest absolute Gasteiger partial charge is 0.472 e. The number of unbranched alkanes of at least 4 members (excludes halogenated alkanes) is 48. The van der Waals surface area contributed by atoms with Gasteiger partial charge < -0.3 is 33.8 Å². The van der Waals surface area contributed by atoms with Gasteiger partial charge in [-0.1, -0.05) is 349 Å². The van der Waals surface area contributed by atoms with Crippen LogP contribution in [-0.4, -0.2) is 96.7 Å². The number of rotatable bonds is 76. The summed E-state index contributed by atoms with van der Waals surface area (Å²) in [6, 6.07) is 0. The molecule has 0 spiro atoms. The number of esters is 4. The molecule has 0 fully saturated rings. The summed E-state index contributed by atoms with van der Waals surface area (Å²) < 4.78 is 68.4. The number of phosphoric acid groups is 2. The smallest absolute Gasteiger partial charge is 0.462 e. The van der Waals surface area contributed by atoms with E-state index < -0.39 is 97.5 Å². The Morgan fingerprint density at radius 2 is 0.484 bits per heavy atom. The zero-order valence-electron chi connectivity index (χ0n) is 61.8. The number of carbonyl (C=O) groups excluding carboxylic acids is 4. The predicted molar refractivity (Wildman–Crippen MR) is 386 cm³/mol. The molecular weight excluding hydrogens is 1250 g/mol. The molecule has 564 valence electrons. The summed E-state index contributed by atoms with van der Waals surface area (Å²) >= 11 is 0. The predicted octanol–water partition coefficient (Wildman–Crippen LogP) is 22.5. The summed E-state index contributed by atoms with van der Waals surface area (Å²) in [6.07, 6.45) is 58.5. The highest BCUT2D eigenvalue weighted by atomic mass is 31.2. The normalized spacial score (nSPS) is 13.9. The van der Waals surface area contributed by atoms with Crippen LogP contribution in [-0.2, 0) is 65.4 Å². The highest BCUT2D eigenvalue weighted by molar-refractivity contribution is 7.47. The molecule has 19 heteroatoms. The van der Waals surface area contributed by atoms with Crippen LogP contribution in [0.15, 0.2) is 0 Å². The van der Waals surface area contributed by atoms with Crippen molar-refractivity contribution in [2.75, 3.05) is 39.6 Å². The molecule has 0 radical (unpaired) electrons. The van der Waals surface area contributed by atoms with Gasteiger partial charge in [0.2, 0.25) is 0 Å². The maximum Gasteiger partial charge on any atom is 0.472 e. The summed E-state index contributed by atoms with van der Waals surface area (Å²) in [5, 5.41) is 10.6. The van der Waals surface area contributed by atoms with Crippen molar-refractivity contribution >= 4 is 39.5 Å². The minimum Gasteiger partial charge on any atom is -0.462 e. The van der Waals surface area contributed by atoms with Crippen molar-refractivity contribution in [2.24, 2.45) is 5.92 Å². The Hall–Kier alpha value is -1.94. The molecule has 0 aliphatic heterocycles. The lowest BCUT2D eigenvalue weighted by Crippen LogP contribution is -2.30. The topological polar surface area (TPSA) is 237 Å². The van der Waals surface area contributed by atoms with Gasteiger partial charge in [0.15, 0.2) is 12.2 Å². The van der Waals surface area contributed by atoms with E-state index >= 15 is 0 Å². The lowest BCUT2D eigenvalue weighted by atomic mass is 10.0. The molecule has 2 unspecified atom stereocenters. The van der Waals surface area contributed by atoms with Crippen molar-refractivity contribution in [3.63, 3.8) is 0 Å². The molecule has 5 atom stereocenters. The number of carbonyl (C=O) groups is 4. The first-order valence-electron chi connectivity index (χ1n) is 39.6. The summed E-state index contributed by atoms with van der Waals surface area (Å²) in [5.74, 6) is -1.33. The van der Waals surface area contributed by atoms with Gasteiger partial charge in [-0.3, -0.25) is 37.3 Å². The number of aliphatic hydroxyl groups is 1. The Morgan fingerprint density at radius 1 is 0.284 bits per heavy atom. The molecule has 0 aromatic rings. The second-order valence-corrected chi connectivity index (χ2v) is 30.8. The Morgan fingerprint density at radius 3 is 0.716 bits per heavy atom. The molecule has 0 aliphatic rings. The van der Waals surface area contributed by atoms with Gasteiger partial charge in [-0.05, 0) is 31.6 Å². The van der Waals surface area contributed by atoms with Crippen LogP contribution in [0.3, 0.4) is 0 Å². The van der Waals surface area contributed by atoms with Gasteiger partial charge in [-0.15, -0.1) is 0 Å². The molecule has 0 aromatic carbocycles. The molecule has 0 heterocycles. The average molecular weight is 1400 g/mol. The van der Waals surface area contributed by atoms with Crippen LogP contribution in [0.4, 0.5) is 0 Å². The van der Waals surface area contributed by atoms with E-state index in [4.69, 9.17) is 37.0 Å². The van der Waals surface area contributed by atoms with Crippen LogP contribution in [0.1, 0.15) is 401 Å². The average Bonchev–Trinajstić information content (AvgIpc) is 1.54. The molecular formula is C76H148O17P2. The molecule has 0 aliphatic carbocycles. The van der Waals surface area contributed by atoms with Crippen molar-refractivity contribution in [1.29, 1.82) is 0 Å². The van der Waals surface area contributed by atoms with E-state index in [1.54, 1.807) is 0 Å². The minimum absolute atomic E-state index is 0.107. The first-order chi connectivity index (χ1) is 46.0. The Balaban J connectivity index is 5.16. The lowest BCUT2D eigenvalue weighted by Gasteiger charge is -2.21. The van der Waals surface area contributed by atoms with Crippen LogP contribution >= 0.6 is 15.6 Å². The van der Waals surface area contributed by atoms with Crippen LogP contribution in [0.2, 0.25) is 0 Å². The number of ether oxygens (including phenoxy) is 4. The minimum atomic E-state index is -4.96. The third-order valence-electron chi connectivity index (χ3n) is 17.8. The van der Waals surface area contributed by atoms with Crippen LogP contribution in [0, 0.1) is 5.92 Å². The molecule has 0 saturated carbocycles. The zero-order chi connectivity index (χ0) is 69.8. The molecule has 95 heavy (non-hydrogen) atoms. The number of phosphoric ester groups is 2. The van der Waals surface area contributed by atoms with Gasteiger partial charge >= 0.3 is 39.5 Å². The van der Waals surface area contributed by atoms with E-state index in [1.165, 1.54) is 212 Å². The van der Waals surface area contributed by atoms with Crippen molar-refractivity contribution in [1.82, 2.24) is 0 Å². The highest BCUT2D eigenvalue weighted by Gasteiger charge is 2.30. The zero-order valence-corrected chi connectivity index (χ0v) is 63.6. The number of hydrogen-bond acceptors (Lipinski definition) is 15. The monoisotopic (exact) mass is 1400 g/mol. The Kier molecular flexibility index (Phi) is 67.7. The van der Waals surface area contributed by atoms with Crippen molar-refractivity contribution in [2.45, 2.75) is 419 Å². The molecule has 17 nitrogen and oxygen atoms in total. The van der Waals surface area contributed by atoms with Crippen molar-refractivity contribution in [3.8, 4) is 0 Å². The maximum atomic E-state index is 13.1. The fourth-order valence-corrected chi connectivity index (χ4v) is 13.3. The van der Waals surface area contributed by atoms with E-state index in [9.17, 15) is 43.2 Å². The van der Waals surface area contributed by atoms with Gasteiger partial charge in [0.1, 0.15) is 19.3 Å².